The van der Waals surface area contributed by atoms with Crippen LogP contribution in [0.15, 0.2) is 27.6 Å². The summed E-state index contributed by atoms with van der Waals surface area (Å²) in [5, 5.41) is 8.16. The molecule has 0 aromatic carbocycles. The van der Waals surface area contributed by atoms with Crippen molar-refractivity contribution in [1.82, 2.24) is 19.3 Å². The highest BCUT2D eigenvalue weighted by atomic mass is 16.5. The first-order valence-corrected chi connectivity index (χ1v) is 7.10. The Bertz CT molecular complexity index is 915. The number of aryl methyl sites for hydroxylation is 3. The van der Waals surface area contributed by atoms with Crippen molar-refractivity contribution in [2.45, 2.75) is 26.8 Å². The molecule has 3 rings (SSSR count). The van der Waals surface area contributed by atoms with Gasteiger partial charge < -0.3 is 9.26 Å². The van der Waals surface area contributed by atoms with Gasteiger partial charge in [-0.05, 0) is 32.4 Å². The van der Waals surface area contributed by atoms with Gasteiger partial charge in [-0.1, -0.05) is 5.16 Å². The molecule has 0 radical (unpaired) electrons. The van der Waals surface area contributed by atoms with Crippen LogP contribution in [0.3, 0.4) is 0 Å². The van der Waals surface area contributed by atoms with E-state index in [4.69, 9.17) is 4.52 Å². The molecule has 3 heterocycles. The molecule has 23 heavy (non-hydrogen) atoms. The van der Waals surface area contributed by atoms with E-state index >= 15 is 0 Å². The van der Waals surface area contributed by atoms with Crippen molar-refractivity contribution in [2.24, 2.45) is 0 Å². The monoisotopic (exact) mass is 316 g/mol. The topological polar surface area (TPSA) is 91.6 Å². The number of hydrogen-bond acceptors (Lipinski definition) is 6. The summed E-state index contributed by atoms with van der Waals surface area (Å²) < 4.78 is 12.5. The lowest BCUT2D eigenvalue weighted by atomic mass is 10.1. The zero-order valence-electron chi connectivity index (χ0n) is 13.1. The molecule has 0 bridgehead atoms. The molecule has 0 saturated heterocycles. The molecule has 0 aliphatic heterocycles. The van der Waals surface area contributed by atoms with Crippen LogP contribution in [0.5, 0.6) is 0 Å². The fraction of sp³-hybridized carbons (Fsp3) is 0.333. The second-order valence-electron chi connectivity index (χ2n) is 5.20. The number of methoxy groups -OCH3 is 1. The normalized spacial score (nSPS) is 11.1. The van der Waals surface area contributed by atoms with E-state index in [1.54, 1.807) is 12.1 Å². The first-order valence-electron chi connectivity index (χ1n) is 7.10. The van der Waals surface area contributed by atoms with Crippen LogP contribution in [0.4, 0.5) is 0 Å². The van der Waals surface area contributed by atoms with Crippen molar-refractivity contribution in [3.8, 4) is 0 Å². The Balaban J connectivity index is 1.92. The van der Waals surface area contributed by atoms with E-state index in [1.165, 1.54) is 22.4 Å². The zero-order chi connectivity index (χ0) is 16.6. The Hall–Kier alpha value is -2.90. The SMILES string of the molecule is COC(=O)c1ccc2nn(CCc3c(C)noc3C)c(=O)n2c1. The van der Waals surface area contributed by atoms with Gasteiger partial charge >= 0.3 is 11.7 Å². The standard InChI is InChI=1S/C15H16N4O4/c1-9-12(10(2)23-17-9)6-7-19-15(21)18-8-11(14(20)22-3)4-5-13(18)16-19/h4-5,8H,6-7H2,1-3H3. The third kappa shape index (κ3) is 2.63. The highest BCUT2D eigenvalue weighted by Crippen LogP contribution is 2.13. The van der Waals surface area contributed by atoms with Crippen molar-refractivity contribution in [3.05, 3.63) is 51.4 Å². The van der Waals surface area contributed by atoms with Crippen LogP contribution in [0.25, 0.3) is 5.65 Å². The number of hydrogen-bond donors (Lipinski definition) is 0. The summed E-state index contributed by atoms with van der Waals surface area (Å²) in [4.78, 5) is 23.9. The summed E-state index contributed by atoms with van der Waals surface area (Å²) in [6, 6.07) is 3.19. The average molecular weight is 316 g/mol. The van der Waals surface area contributed by atoms with Gasteiger partial charge in [-0.25, -0.2) is 18.7 Å². The van der Waals surface area contributed by atoms with E-state index in [0.717, 1.165) is 17.0 Å². The molecule has 0 amide bonds. The van der Waals surface area contributed by atoms with E-state index in [2.05, 4.69) is 15.0 Å². The van der Waals surface area contributed by atoms with E-state index in [0.29, 0.717) is 24.2 Å². The maximum absolute atomic E-state index is 12.4. The minimum atomic E-state index is -0.498. The lowest BCUT2D eigenvalue weighted by Gasteiger charge is -1.99. The number of carbonyl (C=O) groups is 1. The smallest absolute Gasteiger partial charge is 0.350 e. The molecule has 0 aliphatic carbocycles. The molecule has 3 aromatic heterocycles. The van der Waals surface area contributed by atoms with Crippen molar-refractivity contribution < 1.29 is 14.1 Å². The third-order valence-electron chi connectivity index (χ3n) is 3.75. The Labute approximate surface area is 131 Å². The zero-order valence-corrected chi connectivity index (χ0v) is 13.1. The minimum absolute atomic E-state index is 0.298. The quantitative estimate of drug-likeness (QED) is 0.670. The summed E-state index contributed by atoms with van der Waals surface area (Å²) >= 11 is 0. The van der Waals surface area contributed by atoms with Crippen molar-refractivity contribution in [1.29, 1.82) is 0 Å². The Morgan fingerprint density at radius 2 is 2.13 bits per heavy atom. The summed E-state index contributed by atoms with van der Waals surface area (Å²) in [5.74, 6) is 0.245. The molecule has 0 fully saturated rings. The molecule has 3 aromatic rings. The third-order valence-corrected chi connectivity index (χ3v) is 3.75. The molecule has 0 atom stereocenters. The lowest BCUT2D eigenvalue weighted by Crippen LogP contribution is -2.22. The van der Waals surface area contributed by atoms with E-state index in [-0.39, 0.29) is 5.69 Å². The fourth-order valence-corrected chi connectivity index (χ4v) is 2.48. The van der Waals surface area contributed by atoms with Gasteiger partial charge in [-0.3, -0.25) is 0 Å². The largest absolute Gasteiger partial charge is 0.465 e. The van der Waals surface area contributed by atoms with Crippen LogP contribution < -0.4 is 5.69 Å². The van der Waals surface area contributed by atoms with Crippen LogP contribution in [0.1, 0.15) is 27.4 Å². The van der Waals surface area contributed by atoms with Gasteiger partial charge in [-0.2, -0.15) is 0 Å². The van der Waals surface area contributed by atoms with Crippen LogP contribution in [-0.2, 0) is 17.7 Å². The van der Waals surface area contributed by atoms with Crippen molar-refractivity contribution in [2.75, 3.05) is 7.11 Å². The summed E-state index contributed by atoms with van der Waals surface area (Å²) in [6.45, 7) is 4.10. The van der Waals surface area contributed by atoms with Gasteiger partial charge in [-0.15, -0.1) is 5.10 Å². The number of carbonyl (C=O) groups excluding carboxylic acids is 1. The molecule has 8 nitrogen and oxygen atoms in total. The number of esters is 1. The van der Waals surface area contributed by atoms with Gasteiger partial charge in [0.25, 0.3) is 0 Å². The predicted octanol–water partition coefficient (Wildman–Crippen LogP) is 1.13. The van der Waals surface area contributed by atoms with Gasteiger partial charge in [0.1, 0.15) is 5.76 Å². The minimum Gasteiger partial charge on any atom is -0.465 e. The highest BCUT2D eigenvalue weighted by molar-refractivity contribution is 5.89. The van der Waals surface area contributed by atoms with Gasteiger partial charge in [0, 0.05) is 11.8 Å². The summed E-state index contributed by atoms with van der Waals surface area (Å²) in [6.07, 6.45) is 2.03. The summed E-state index contributed by atoms with van der Waals surface area (Å²) in [5.41, 5.74) is 2.25. The average Bonchev–Trinajstić information content (AvgIpc) is 3.04. The maximum atomic E-state index is 12.4. The number of pyridine rings is 1. The van der Waals surface area contributed by atoms with Crippen molar-refractivity contribution in [3.63, 3.8) is 0 Å². The first kappa shape index (κ1) is 15.0. The van der Waals surface area contributed by atoms with Crippen molar-refractivity contribution >= 4 is 11.6 Å². The van der Waals surface area contributed by atoms with Gasteiger partial charge in [0.2, 0.25) is 0 Å². The lowest BCUT2D eigenvalue weighted by molar-refractivity contribution is 0.0600. The fourth-order valence-electron chi connectivity index (χ4n) is 2.48. The van der Waals surface area contributed by atoms with E-state index in [9.17, 15) is 9.59 Å². The second-order valence-corrected chi connectivity index (χ2v) is 5.20. The van der Waals surface area contributed by atoms with Crippen LogP contribution in [0.2, 0.25) is 0 Å². The van der Waals surface area contributed by atoms with Gasteiger partial charge in [0.15, 0.2) is 5.65 Å². The Morgan fingerprint density at radius 3 is 2.78 bits per heavy atom. The van der Waals surface area contributed by atoms with Crippen LogP contribution >= 0.6 is 0 Å². The number of rotatable bonds is 4. The predicted molar refractivity (Wildman–Crippen MR) is 80.5 cm³/mol. The highest BCUT2D eigenvalue weighted by Gasteiger charge is 2.13. The van der Waals surface area contributed by atoms with E-state index in [1.807, 2.05) is 13.8 Å². The molecule has 120 valence electrons. The molecule has 0 N–H and O–H groups in total. The molecular weight excluding hydrogens is 300 g/mol. The number of aromatic nitrogens is 4. The van der Waals surface area contributed by atoms with E-state index < -0.39 is 5.97 Å². The maximum Gasteiger partial charge on any atom is 0.350 e. The molecule has 0 saturated carbocycles. The summed E-state index contributed by atoms with van der Waals surface area (Å²) in [7, 11) is 1.29. The Kier molecular flexibility index (Phi) is 3.73. The van der Waals surface area contributed by atoms with Crippen LogP contribution in [-0.4, -0.2) is 32.4 Å². The number of nitrogens with zero attached hydrogens (tertiary/aromatic N) is 4. The number of fused-ring (bicyclic) bond motifs is 1. The van der Waals surface area contributed by atoms with Gasteiger partial charge in [0.05, 0.1) is 24.9 Å². The number of ether oxygens (including phenoxy) is 1. The molecule has 8 heteroatoms. The molecular formula is C15H16N4O4. The Morgan fingerprint density at radius 1 is 1.35 bits per heavy atom. The molecule has 0 aliphatic rings. The molecule has 0 unspecified atom stereocenters. The van der Waals surface area contributed by atoms with Crippen LogP contribution in [0, 0.1) is 13.8 Å². The first-order chi connectivity index (χ1) is 11.0. The molecule has 0 spiro atoms. The second kappa shape index (κ2) is 5.71.